The maximum absolute atomic E-state index is 12.5. The van der Waals surface area contributed by atoms with Gasteiger partial charge in [-0.25, -0.2) is 13.1 Å². The molecule has 0 unspecified atom stereocenters. The topological polar surface area (TPSA) is 84.3 Å². The van der Waals surface area contributed by atoms with Gasteiger partial charge in [0.1, 0.15) is 5.82 Å². The molecule has 0 spiro atoms. The van der Waals surface area contributed by atoms with Crippen molar-refractivity contribution in [2.75, 3.05) is 18.9 Å². The third-order valence-electron chi connectivity index (χ3n) is 3.41. The normalized spacial score (nSPS) is 11.9. The van der Waals surface area contributed by atoms with Crippen molar-refractivity contribution >= 4 is 37.7 Å². The van der Waals surface area contributed by atoms with Crippen LogP contribution in [0.1, 0.15) is 13.8 Å². The van der Waals surface area contributed by atoms with Gasteiger partial charge in [0.05, 0.1) is 17.6 Å². The molecule has 0 aliphatic rings. The third-order valence-corrected chi connectivity index (χ3v) is 5.76. The Hall–Kier alpha value is -1.71. The maximum Gasteiger partial charge on any atom is 0.243 e. The molecule has 0 aliphatic carbocycles. The van der Waals surface area contributed by atoms with E-state index in [0.717, 1.165) is 8.78 Å². The van der Waals surface area contributed by atoms with Gasteiger partial charge in [-0.05, 0) is 30.2 Å². The van der Waals surface area contributed by atoms with Crippen molar-refractivity contribution in [1.82, 2.24) is 14.1 Å². The zero-order valence-corrected chi connectivity index (χ0v) is 16.7. The summed E-state index contributed by atoms with van der Waals surface area (Å²) in [4.78, 5) is 12.4. The monoisotopic (exact) mass is 428 g/mol. The van der Waals surface area contributed by atoms with Gasteiger partial charge in [0.25, 0.3) is 0 Å². The van der Waals surface area contributed by atoms with Gasteiger partial charge in [-0.1, -0.05) is 29.8 Å². The number of carbonyl (C=O) groups is 1. The predicted octanol–water partition coefficient (Wildman–Crippen LogP) is 2.56. The summed E-state index contributed by atoms with van der Waals surface area (Å²) in [5.74, 6) is 0.498. The second kappa shape index (κ2) is 8.11. The highest BCUT2D eigenvalue weighted by molar-refractivity contribution is 9.10. The Morgan fingerprint density at radius 1 is 1.28 bits per heavy atom. The van der Waals surface area contributed by atoms with E-state index in [1.54, 1.807) is 29.1 Å². The smallest absolute Gasteiger partial charge is 0.243 e. The fourth-order valence-electron chi connectivity index (χ4n) is 2.19. The molecule has 0 atom stereocenters. The first-order valence-electron chi connectivity index (χ1n) is 7.73. The number of hydrogen-bond acceptors (Lipinski definition) is 4. The van der Waals surface area contributed by atoms with E-state index in [2.05, 4.69) is 26.3 Å². The number of nitrogens with zero attached hydrogens (tertiary/aromatic N) is 3. The number of aromatic nitrogens is 2. The standard InChI is InChI=1S/C16H21BrN4O3S/c1-12(2)10-21-15(8-9-18-21)19-16(22)11-20(3)25(23,24)14-6-4-13(17)5-7-14/h4-9,12H,10-11H2,1-3H3,(H,19,22). The van der Waals surface area contributed by atoms with Gasteiger partial charge in [-0.2, -0.15) is 9.40 Å². The zero-order valence-electron chi connectivity index (χ0n) is 14.3. The summed E-state index contributed by atoms with van der Waals surface area (Å²) < 4.78 is 28.5. The summed E-state index contributed by atoms with van der Waals surface area (Å²) in [6, 6.07) is 7.96. The van der Waals surface area contributed by atoms with Crippen LogP contribution in [0.3, 0.4) is 0 Å². The van der Waals surface area contributed by atoms with Crippen LogP contribution in [0.15, 0.2) is 45.9 Å². The quantitative estimate of drug-likeness (QED) is 0.733. The molecular formula is C16H21BrN4O3S. The Balaban J connectivity index is 2.05. The van der Waals surface area contributed by atoms with Crippen molar-refractivity contribution in [3.63, 3.8) is 0 Å². The number of amides is 1. The number of hydrogen-bond donors (Lipinski definition) is 1. The van der Waals surface area contributed by atoms with E-state index >= 15 is 0 Å². The highest BCUT2D eigenvalue weighted by Gasteiger charge is 2.23. The Kier molecular flexibility index (Phi) is 6.36. The molecule has 1 aromatic heterocycles. The molecule has 0 fully saturated rings. The van der Waals surface area contributed by atoms with Gasteiger partial charge < -0.3 is 5.32 Å². The maximum atomic E-state index is 12.5. The Morgan fingerprint density at radius 2 is 1.92 bits per heavy atom. The first-order chi connectivity index (χ1) is 11.7. The van der Waals surface area contributed by atoms with Crippen molar-refractivity contribution < 1.29 is 13.2 Å². The zero-order chi connectivity index (χ0) is 18.6. The van der Waals surface area contributed by atoms with E-state index in [4.69, 9.17) is 0 Å². The van der Waals surface area contributed by atoms with Crippen molar-refractivity contribution in [3.8, 4) is 0 Å². The molecule has 136 valence electrons. The van der Waals surface area contributed by atoms with E-state index in [-0.39, 0.29) is 11.4 Å². The molecule has 1 amide bonds. The van der Waals surface area contributed by atoms with Crippen LogP contribution in [0.5, 0.6) is 0 Å². The van der Waals surface area contributed by atoms with Crippen LogP contribution in [0.2, 0.25) is 0 Å². The molecular weight excluding hydrogens is 408 g/mol. The van der Waals surface area contributed by atoms with E-state index in [0.29, 0.717) is 18.3 Å². The molecule has 9 heteroatoms. The van der Waals surface area contributed by atoms with Crippen LogP contribution in [-0.4, -0.2) is 42.0 Å². The Labute approximate surface area is 156 Å². The lowest BCUT2D eigenvalue weighted by Crippen LogP contribution is -2.35. The first kappa shape index (κ1) is 19.6. The van der Waals surface area contributed by atoms with Crippen LogP contribution in [-0.2, 0) is 21.4 Å². The first-order valence-corrected chi connectivity index (χ1v) is 9.97. The molecule has 0 aliphatic heterocycles. The largest absolute Gasteiger partial charge is 0.310 e. The lowest BCUT2D eigenvalue weighted by atomic mass is 10.2. The number of sulfonamides is 1. The number of benzene rings is 1. The van der Waals surface area contributed by atoms with Crippen molar-refractivity contribution in [2.24, 2.45) is 5.92 Å². The predicted molar refractivity (Wildman–Crippen MR) is 99.7 cm³/mol. The second-order valence-corrected chi connectivity index (χ2v) is 9.02. The van der Waals surface area contributed by atoms with Gasteiger partial charge in [0.15, 0.2) is 0 Å². The minimum Gasteiger partial charge on any atom is -0.310 e. The number of nitrogens with one attached hydrogen (secondary N) is 1. The van der Waals surface area contributed by atoms with Gasteiger partial charge in [-0.3, -0.25) is 4.79 Å². The number of halogens is 1. The van der Waals surface area contributed by atoms with Crippen LogP contribution in [0, 0.1) is 5.92 Å². The van der Waals surface area contributed by atoms with Crippen LogP contribution in [0.4, 0.5) is 5.82 Å². The molecule has 2 rings (SSSR count). The SMILES string of the molecule is CC(C)Cn1nccc1NC(=O)CN(C)S(=O)(=O)c1ccc(Br)cc1. The number of rotatable bonds is 7. The van der Waals surface area contributed by atoms with Crippen molar-refractivity contribution in [1.29, 1.82) is 0 Å². The molecule has 25 heavy (non-hydrogen) atoms. The molecule has 2 aromatic rings. The highest BCUT2D eigenvalue weighted by atomic mass is 79.9. The van der Waals surface area contributed by atoms with Crippen LogP contribution >= 0.6 is 15.9 Å². The summed E-state index contributed by atoms with van der Waals surface area (Å²) >= 11 is 3.27. The summed E-state index contributed by atoms with van der Waals surface area (Å²) in [6.45, 7) is 4.47. The van der Waals surface area contributed by atoms with Gasteiger partial charge in [0, 0.05) is 24.1 Å². The van der Waals surface area contributed by atoms with Crippen molar-refractivity contribution in [3.05, 3.63) is 41.0 Å². The van der Waals surface area contributed by atoms with Gasteiger partial charge in [0.2, 0.25) is 15.9 Å². The highest BCUT2D eigenvalue weighted by Crippen LogP contribution is 2.18. The van der Waals surface area contributed by atoms with Crippen molar-refractivity contribution in [2.45, 2.75) is 25.3 Å². The van der Waals surface area contributed by atoms with Gasteiger partial charge >= 0.3 is 0 Å². The second-order valence-electron chi connectivity index (χ2n) is 6.06. The molecule has 7 nitrogen and oxygen atoms in total. The molecule has 1 N–H and O–H groups in total. The Bertz CT molecular complexity index is 831. The Morgan fingerprint density at radius 3 is 2.52 bits per heavy atom. The summed E-state index contributed by atoms with van der Waals surface area (Å²) in [7, 11) is -2.35. The van der Waals surface area contributed by atoms with E-state index < -0.39 is 15.9 Å². The molecule has 0 bridgehead atoms. The van der Waals surface area contributed by atoms with Gasteiger partial charge in [-0.15, -0.1) is 0 Å². The molecule has 1 heterocycles. The van der Waals surface area contributed by atoms with E-state index in [9.17, 15) is 13.2 Å². The lowest BCUT2D eigenvalue weighted by Gasteiger charge is -2.17. The number of anilines is 1. The molecule has 1 aromatic carbocycles. The summed E-state index contributed by atoms with van der Waals surface area (Å²) in [6.07, 6.45) is 1.60. The fraction of sp³-hybridized carbons (Fsp3) is 0.375. The fourth-order valence-corrected chi connectivity index (χ4v) is 3.58. The molecule has 0 saturated carbocycles. The number of likely N-dealkylation sites (N-methyl/N-ethyl adjacent to an activating group) is 1. The average molecular weight is 429 g/mol. The van der Waals surface area contributed by atoms with E-state index in [1.165, 1.54) is 19.2 Å². The molecule has 0 radical (unpaired) electrons. The van der Waals surface area contributed by atoms with Crippen LogP contribution < -0.4 is 5.32 Å². The lowest BCUT2D eigenvalue weighted by molar-refractivity contribution is -0.116. The molecule has 0 saturated heterocycles. The van der Waals surface area contributed by atoms with E-state index in [1.807, 2.05) is 13.8 Å². The average Bonchev–Trinajstić information content (AvgIpc) is 2.93. The number of carbonyl (C=O) groups excluding carboxylic acids is 1. The third kappa shape index (κ3) is 5.13. The summed E-state index contributed by atoms with van der Waals surface area (Å²) in [5, 5.41) is 6.87. The minimum atomic E-state index is -3.73. The summed E-state index contributed by atoms with van der Waals surface area (Å²) in [5.41, 5.74) is 0. The van der Waals surface area contributed by atoms with Crippen LogP contribution in [0.25, 0.3) is 0 Å². The minimum absolute atomic E-state index is 0.135.